The highest BCUT2D eigenvalue weighted by molar-refractivity contribution is 7.11. The van der Waals surface area contributed by atoms with E-state index in [9.17, 15) is 0 Å². The first-order valence-electron chi connectivity index (χ1n) is 6.81. The van der Waals surface area contributed by atoms with Gasteiger partial charge in [0.1, 0.15) is 12.4 Å². The number of hydrogen-bond acceptors (Lipinski definition) is 3. The molecule has 0 unspecified atom stereocenters. The Balaban J connectivity index is 1.82. The number of ether oxygens (including phenoxy) is 1. The first-order valence-corrected chi connectivity index (χ1v) is 8.00. The molecule has 0 atom stereocenters. The quantitative estimate of drug-likeness (QED) is 0.798. The highest BCUT2D eigenvalue weighted by atomic mass is 35.5. The van der Waals surface area contributed by atoms with Gasteiger partial charge in [0.25, 0.3) is 0 Å². The summed E-state index contributed by atoms with van der Waals surface area (Å²) in [4.78, 5) is 2.55. The first-order chi connectivity index (χ1) is 9.65. The fourth-order valence-electron chi connectivity index (χ4n) is 1.79. The van der Waals surface area contributed by atoms with Gasteiger partial charge < -0.3 is 10.1 Å². The summed E-state index contributed by atoms with van der Waals surface area (Å²) in [7, 11) is 0. The highest BCUT2D eigenvalue weighted by Gasteiger charge is 2.04. The SMILES string of the molecule is CC(C)CNCc1ccc(COc2ccccc2Cl)s1. The average Bonchev–Trinajstić information content (AvgIpc) is 2.85. The number of benzene rings is 1. The van der Waals surface area contributed by atoms with Crippen LogP contribution in [0.25, 0.3) is 0 Å². The zero-order valence-corrected chi connectivity index (χ0v) is 13.4. The van der Waals surface area contributed by atoms with Crippen LogP contribution in [0.2, 0.25) is 5.02 Å². The molecular formula is C16H20ClNOS. The Morgan fingerprint density at radius 1 is 1.15 bits per heavy atom. The summed E-state index contributed by atoms with van der Waals surface area (Å²) >= 11 is 7.84. The number of halogens is 1. The van der Waals surface area contributed by atoms with Gasteiger partial charge in [-0.15, -0.1) is 11.3 Å². The van der Waals surface area contributed by atoms with Crippen LogP contribution in [0, 0.1) is 5.92 Å². The fourth-order valence-corrected chi connectivity index (χ4v) is 2.88. The van der Waals surface area contributed by atoms with Gasteiger partial charge in [0.05, 0.1) is 5.02 Å². The van der Waals surface area contributed by atoms with Crippen LogP contribution in [0.3, 0.4) is 0 Å². The average molecular weight is 310 g/mol. The van der Waals surface area contributed by atoms with Crippen molar-refractivity contribution in [3.05, 3.63) is 51.2 Å². The first kappa shape index (κ1) is 15.4. The summed E-state index contributed by atoms with van der Waals surface area (Å²) in [6, 6.07) is 11.8. The second-order valence-corrected chi connectivity index (χ2v) is 6.77. The van der Waals surface area contributed by atoms with Gasteiger partial charge in [-0.25, -0.2) is 0 Å². The number of hydrogen-bond donors (Lipinski definition) is 1. The van der Waals surface area contributed by atoms with Crippen molar-refractivity contribution in [1.82, 2.24) is 5.32 Å². The van der Waals surface area contributed by atoms with Crippen LogP contribution in [-0.2, 0) is 13.2 Å². The van der Waals surface area contributed by atoms with Crippen LogP contribution in [0.5, 0.6) is 5.75 Å². The fraction of sp³-hybridized carbons (Fsp3) is 0.375. The zero-order chi connectivity index (χ0) is 14.4. The van der Waals surface area contributed by atoms with Crippen molar-refractivity contribution in [2.45, 2.75) is 27.0 Å². The molecule has 0 spiro atoms. The summed E-state index contributed by atoms with van der Waals surface area (Å²) in [6.07, 6.45) is 0. The molecule has 0 saturated carbocycles. The van der Waals surface area contributed by atoms with Gasteiger partial charge in [-0.1, -0.05) is 37.6 Å². The monoisotopic (exact) mass is 309 g/mol. The van der Waals surface area contributed by atoms with Crippen LogP contribution < -0.4 is 10.1 Å². The number of rotatable bonds is 7. The summed E-state index contributed by atoms with van der Waals surface area (Å²) in [5, 5.41) is 4.10. The van der Waals surface area contributed by atoms with E-state index in [1.165, 1.54) is 9.75 Å². The molecule has 0 bridgehead atoms. The Morgan fingerprint density at radius 2 is 1.90 bits per heavy atom. The molecule has 0 saturated heterocycles. The maximum atomic E-state index is 6.06. The van der Waals surface area contributed by atoms with Crippen LogP contribution in [0.15, 0.2) is 36.4 Å². The number of thiophene rings is 1. The molecule has 1 aromatic carbocycles. The van der Waals surface area contributed by atoms with E-state index in [0.717, 1.165) is 18.8 Å². The lowest BCUT2D eigenvalue weighted by molar-refractivity contribution is 0.310. The van der Waals surface area contributed by atoms with E-state index < -0.39 is 0 Å². The molecule has 0 fully saturated rings. The smallest absolute Gasteiger partial charge is 0.138 e. The Kier molecular flexibility index (Phi) is 5.89. The van der Waals surface area contributed by atoms with Gasteiger partial charge >= 0.3 is 0 Å². The van der Waals surface area contributed by atoms with Crippen LogP contribution in [-0.4, -0.2) is 6.54 Å². The second-order valence-electron chi connectivity index (χ2n) is 5.11. The molecule has 1 N–H and O–H groups in total. The third-order valence-corrected chi connectivity index (χ3v) is 4.15. The molecule has 0 aliphatic heterocycles. The third-order valence-electron chi connectivity index (χ3n) is 2.78. The lowest BCUT2D eigenvalue weighted by Gasteiger charge is -2.06. The Bertz CT molecular complexity index is 539. The normalized spacial score (nSPS) is 11.0. The minimum atomic E-state index is 0.568. The van der Waals surface area contributed by atoms with Gasteiger partial charge in [0, 0.05) is 16.3 Å². The van der Waals surface area contributed by atoms with E-state index in [1.807, 2.05) is 24.3 Å². The van der Waals surface area contributed by atoms with E-state index in [0.29, 0.717) is 17.5 Å². The van der Waals surface area contributed by atoms with Crippen molar-refractivity contribution in [2.75, 3.05) is 6.54 Å². The van der Waals surface area contributed by atoms with E-state index in [1.54, 1.807) is 11.3 Å². The van der Waals surface area contributed by atoms with Crippen molar-refractivity contribution in [3.63, 3.8) is 0 Å². The van der Waals surface area contributed by atoms with Crippen molar-refractivity contribution in [3.8, 4) is 5.75 Å². The minimum Gasteiger partial charge on any atom is -0.487 e. The molecule has 1 heterocycles. The lowest BCUT2D eigenvalue weighted by atomic mass is 10.2. The Hall–Kier alpha value is -1.03. The molecule has 2 aromatic rings. The van der Waals surface area contributed by atoms with Crippen molar-refractivity contribution >= 4 is 22.9 Å². The largest absolute Gasteiger partial charge is 0.487 e. The van der Waals surface area contributed by atoms with E-state index in [2.05, 4.69) is 31.3 Å². The predicted molar refractivity (Wildman–Crippen MR) is 86.6 cm³/mol. The van der Waals surface area contributed by atoms with Gasteiger partial charge in [0.2, 0.25) is 0 Å². The molecule has 4 heteroatoms. The maximum absolute atomic E-state index is 6.06. The van der Waals surface area contributed by atoms with Crippen molar-refractivity contribution in [1.29, 1.82) is 0 Å². The van der Waals surface area contributed by atoms with E-state index in [4.69, 9.17) is 16.3 Å². The third kappa shape index (κ3) is 4.82. The lowest BCUT2D eigenvalue weighted by Crippen LogP contribution is -2.18. The zero-order valence-electron chi connectivity index (χ0n) is 11.9. The molecule has 0 amide bonds. The second kappa shape index (κ2) is 7.67. The number of para-hydroxylation sites is 1. The molecule has 1 aromatic heterocycles. The molecule has 2 nitrogen and oxygen atoms in total. The van der Waals surface area contributed by atoms with Gasteiger partial charge in [-0.2, -0.15) is 0 Å². The molecule has 0 radical (unpaired) electrons. The van der Waals surface area contributed by atoms with Gasteiger partial charge in [0.15, 0.2) is 0 Å². The predicted octanol–water partition coefficient (Wildman–Crippen LogP) is 4.73. The molecule has 108 valence electrons. The van der Waals surface area contributed by atoms with Gasteiger partial charge in [-0.05, 0) is 36.7 Å². The topological polar surface area (TPSA) is 21.3 Å². The van der Waals surface area contributed by atoms with Crippen LogP contribution in [0.4, 0.5) is 0 Å². The standard InChI is InChI=1S/C16H20ClNOS/c1-12(2)9-18-10-13-7-8-14(20-13)11-19-16-6-4-3-5-15(16)17/h3-8,12,18H,9-11H2,1-2H3. The maximum Gasteiger partial charge on any atom is 0.138 e. The summed E-state index contributed by atoms with van der Waals surface area (Å²) in [5.41, 5.74) is 0. The minimum absolute atomic E-state index is 0.568. The van der Waals surface area contributed by atoms with Crippen LogP contribution in [0.1, 0.15) is 23.6 Å². The molecule has 2 rings (SSSR count). The van der Waals surface area contributed by atoms with Crippen molar-refractivity contribution < 1.29 is 4.74 Å². The van der Waals surface area contributed by atoms with Crippen molar-refractivity contribution in [2.24, 2.45) is 5.92 Å². The molecule has 20 heavy (non-hydrogen) atoms. The summed E-state index contributed by atoms with van der Waals surface area (Å²) in [6.45, 7) is 6.96. The van der Waals surface area contributed by atoms with Gasteiger partial charge in [-0.3, -0.25) is 0 Å². The molecule has 0 aliphatic carbocycles. The highest BCUT2D eigenvalue weighted by Crippen LogP contribution is 2.25. The molecule has 0 aliphatic rings. The van der Waals surface area contributed by atoms with E-state index >= 15 is 0 Å². The number of nitrogens with one attached hydrogen (secondary N) is 1. The summed E-state index contributed by atoms with van der Waals surface area (Å²) in [5.74, 6) is 1.42. The van der Waals surface area contributed by atoms with Crippen LogP contribution >= 0.6 is 22.9 Å². The summed E-state index contributed by atoms with van der Waals surface area (Å²) < 4.78 is 5.74. The van der Waals surface area contributed by atoms with E-state index in [-0.39, 0.29) is 0 Å². The molecular weight excluding hydrogens is 290 g/mol. The Morgan fingerprint density at radius 3 is 2.65 bits per heavy atom. The Labute approximate surface area is 129 Å².